The van der Waals surface area contributed by atoms with E-state index in [1.54, 1.807) is 22.9 Å². The van der Waals surface area contributed by atoms with Crippen LogP contribution in [0.3, 0.4) is 0 Å². The molecule has 0 unspecified atom stereocenters. The monoisotopic (exact) mass is 523 g/mol. The number of nitrogens with zero attached hydrogens (tertiary/aromatic N) is 3. The van der Waals surface area contributed by atoms with Gasteiger partial charge in [-0.3, -0.25) is 14.4 Å². The number of fused-ring (bicyclic) bond motifs is 2. The highest BCUT2D eigenvalue weighted by Gasteiger charge is 2.35. The molecule has 1 saturated carbocycles. The molecule has 0 spiro atoms. The predicted molar refractivity (Wildman–Crippen MR) is 141 cm³/mol. The zero-order chi connectivity index (χ0) is 26.1. The van der Waals surface area contributed by atoms with E-state index in [-0.39, 0.29) is 25.1 Å². The van der Waals surface area contributed by atoms with Gasteiger partial charge < -0.3 is 25.2 Å². The summed E-state index contributed by atoms with van der Waals surface area (Å²) in [6, 6.07) is 12.3. The molecule has 1 amide bonds. The molecule has 2 aliphatic heterocycles. The van der Waals surface area contributed by atoms with E-state index in [1.807, 2.05) is 6.07 Å². The Morgan fingerprint density at radius 1 is 1.08 bits per heavy atom. The molecule has 3 aliphatic rings. The quantitative estimate of drug-likeness (QED) is 0.396. The molecule has 1 aromatic heterocycles. The number of carbonyl (C=O) groups is 1. The average molecular weight is 524 g/mol. The molecule has 3 N–H and O–H groups in total. The number of halogens is 1. The molecule has 9 nitrogen and oxygen atoms in total. The molecule has 1 saturated heterocycles. The van der Waals surface area contributed by atoms with Gasteiger partial charge >= 0.3 is 0 Å². The van der Waals surface area contributed by atoms with Crippen molar-refractivity contribution in [2.75, 3.05) is 38.4 Å². The maximum Gasteiger partial charge on any atom is 0.239 e. The average Bonchev–Trinajstić information content (AvgIpc) is 3.53. The van der Waals surface area contributed by atoms with Crippen molar-refractivity contribution in [3.63, 3.8) is 0 Å². The second-order valence-corrected chi connectivity index (χ2v) is 10.5. The second-order valence-electron chi connectivity index (χ2n) is 10.5. The Hall–Kier alpha value is -3.37. The maximum atomic E-state index is 13.2. The van der Waals surface area contributed by atoms with Crippen molar-refractivity contribution >= 4 is 22.6 Å². The Morgan fingerprint density at radius 3 is 2.68 bits per heavy atom. The molecule has 6 rings (SSSR count). The topological polar surface area (TPSA) is 101 Å². The number of benzene rings is 2. The highest BCUT2D eigenvalue weighted by molar-refractivity contribution is 5.92. The summed E-state index contributed by atoms with van der Waals surface area (Å²) in [5.41, 5.74) is 2.68. The van der Waals surface area contributed by atoms with Crippen LogP contribution >= 0.6 is 0 Å². The molecule has 0 radical (unpaired) electrons. The lowest BCUT2D eigenvalue weighted by molar-refractivity contribution is -0.121. The van der Waals surface area contributed by atoms with Crippen molar-refractivity contribution in [3.05, 3.63) is 47.5 Å². The Kier molecular flexibility index (Phi) is 7.08. The SMILES string of the molecule is O=C(CNc1nn(CCO)c2ccc(CF)cc12)NC1CN(C2CCC(c3ccc4c(c3)OCO4)CC2)C1. The van der Waals surface area contributed by atoms with E-state index in [2.05, 4.69) is 32.8 Å². The summed E-state index contributed by atoms with van der Waals surface area (Å²) in [5.74, 6) is 2.68. The van der Waals surface area contributed by atoms with Gasteiger partial charge in [0.25, 0.3) is 0 Å². The van der Waals surface area contributed by atoms with Crippen LogP contribution in [-0.4, -0.2) is 70.8 Å². The number of amides is 1. The summed E-state index contributed by atoms with van der Waals surface area (Å²) in [6.07, 6.45) is 4.63. The van der Waals surface area contributed by atoms with E-state index in [1.165, 1.54) is 5.56 Å². The zero-order valence-electron chi connectivity index (χ0n) is 21.4. The number of rotatable bonds is 9. The van der Waals surface area contributed by atoms with Gasteiger partial charge in [-0.05, 0) is 67.0 Å². The third-order valence-corrected chi connectivity index (χ3v) is 8.05. The van der Waals surface area contributed by atoms with Gasteiger partial charge in [-0.2, -0.15) is 5.10 Å². The van der Waals surface area contributed by atoms with Crippen LogP contribution in [-0.2, 0) is 18.0 Å². The number of hydrogen-bond acceptors (Lipinski definition) is 7. The molecule has 10 heteroatoms. The predicted octanol–water partition coefficient (Wildman–Crippen LogP) is 3.17. The minimum absolute atomic E-state index is 0.0557. The number of aliphatic hydroxyl groups is 1. The fourth-order valence-electron chi connectivity index (χ4n) is 5.99. The summed E-state index contributed by atoms with van der Waals surface area (Å²) in [6.45, 7) is 1.84. The van der Waals surface area contributed by atoms with Gasteiger partial charge in [0, 0.05) is 24.5 Å². The number of aliphatic hydroxyl groups excluding tert-OH is 1. The number of likely N-dealkylation sites (tertiary alicyclic amines) is 1. The number of ether oxygens (including phenoxy) is 2. The van der Waals surface area contributed by atoms with Crippen molar-refractivity contribution in [1.82, 2.24) is 20.0 Å². The number of alkyl halides is 1. The van der Waals surface area contributed by atoms with Crippen LogP contribution in [0.4, 0.5) is 10.2 Å². The maximum absolute atomic E-state index is 13.2. The van der Waals surface area contributed by atoms with Gasteiger partial charge in [0.15, 0.2) is 17.3 Å². The fourth-order valence-corrected chi connectivity index (χ4v) is 5.99. The molecule has 38 heavy (non-hydrogen) atoms. The molecule has 0 bridgehead atoms. The lowest BCUT2D eigenvalue weighted by Gasteiger charge is -2.46. The van der Waals surface area contributed by atoms with Crippen molar-refractivity contribution in [2.45, 2.75) is 56.9 Å². The third-order valence-electron chi connectivity index (χ3n) is 8.05. The van der Waals surface area contributed by atoms with Crippen molar-refractivity contribution in [1.29, 1.82) is 0 Å². The van der Waals surface area contributed by atoms with Crippen molar-refractivity contribution < 1.29 is 23.8 Å². The van der Waals surface area contributed by atoms with Crippen LogP contribution < -0.4 is 20.1 Å². The van der Waals surface area contributed by atoms with Gasteiger partial charge in [0.05, 0.1) is 31.3 Å². The normalized spacial score (nSPS) is 21.4. The Labute approximate surface area is 220 Å². The first kappa shape index (κ1) is 24.9. The van der Waals surface area contributed by atoms with E-state index < -0.39 is 6.67 Å². The van der Waals surface area contributed by atoms with Crippen LogP contribution in [0.1, 0.15) is 42.7 Å². The van der Waals surface area contributed by atoms with Crippen molar-refractivity contribution in [2.24, 2.45) is 0 Å². The van der Waals surface area contributed by atoms with Crippen LogP contribution in [0.25, 0.3) is 10.9 Å². The molecule has 0 atom stereocenters. The molecule has 3 heterocycles. The number of anilines is 1. The first-order chi connectivity index (χ1) is 18.6. The summed E-state index contributed by atoms with van der Waals surface area (Å²) < 4.78 is 25.8. The number of carbonyl (C=O) groups excluding carboxylic acids is 1. The molecule has 202 valence electrons. The van der Waals surface area contributed by atoms with Crippen LogP contribution in [0, 0.1) is 0 Å². The molecule has 3 aromatic rings. The Bertz CT molecular complexity index is 1300. The van der Waals surface area contributed by atoms with Gasteiger partial charge in [0.2, 0.25) is 12.7 Å². The number of hydrogen-bond donors (Lipinski definition) is 3. The second kappa shape index (κ2) is 10.8. The van der Waals surface area contributed by atoms with E-state index in [9.17, 15) is 14.3 Å². The molecule has 2 aromatic carbocycles. The lowest BCUT2D eigenvalue weighted by Crippen LogP contribution is -2.63. The zero-order valence-corrected chi connectivity index (χ0v) is 21.4. The van der Waals surface area contributed by atoms with E-state index >= 15 is 0 Å². The standard InChI is InChI=1S/C28H34FN5O4/c29-13-18-1-7-24-23(11-18)28(32-34(24)9-10-35)30-14-27(36)31-21-15-33(16-21)22-5-2-19(3-6-22)20-4-8-25-26(12-20)38-17-37-25/h1,4,7-8,11-12,19,21-22,35H,2-3,5-6,9-10,13-17H2,(H,30,32)(H,31,36). The van der Waals surface area contributed by atoms with Gasteiger partial charge in [-0.25, -0.2) is 4.39 Å². The fraction of sp³-hybridized carbons (Fsp3) is 0.500. The van der Waals surface area contributed by atoms with E-state index in [0.717, 1.165) is 61.2 Å². The van der Waals surface area contributed by atoms with Gasteiger partial charge in [-0.15, -0.1) is 0 Å². The Morgan fingerprint density at radius 2 is 1.89 bits per heavy atom. The van der Waals surface area contributed by atoms with Crippen LogP contribution in [0.15, 0.2) is 36.4 Å². The first-order valence-electron chi connectivity index (χ1n) is 13.4. The van der Waals surface area contributed by atoms with Gasteiger partial charge in [-0.1, -0.05) is 12.1 Å². The van der Waals surface area contributed by atoms with Crippen LogP contribution in [0.2, 0.25) is 0 Å². The lowest BCUT2D eigenvalue weighted by atomic mass is 9.80. The van der Waals surface area contributed by atoms with Crippen molar-refractivity contribution in [3.8, 4) is 11.5 Å². The molecule has 1 aliphatic carbocycles. The highest BCUT2D eigenvalue weighted by atomic mass is 19.1. The Balaban J connectivity index is 0.960. The summed E-state index contributed by atoms with van der Waals surface area (Å²) >= 11 is 0. The first-order valence-corrected chi connectivity index (χ1v) is 13.4. The molecular formula is C28H34FN5O4. The van der Waals surface area contributed by atoms with E-state index in [4.69, 9.17) is 9.47 Å². The minimum atomic E-state index is -0.570. The smallest absolute Gasteiger partial charge is 0.239 e. The number of nitrogens with one attached hydrogen (secondary N) is 2. The third kappa shape index (κ3) is 5.02. The molecule has 2 fully saturated rings. The summed E-state index contributed by atoms with van der Waals surface area (Å²) in [5, 5.41) is 20.8. The largest absolute Gasteiger partial charge is 0.454 e. The summed E-state index contributed by atoms with van der Waals surface area (Å²) in [7, 11) is 0. The number of aromatic nitrogens is 2. The van der Waals surface area contributed by atoms with Crippen LogP contribution in [0.5, 0.6) is 11.5 Å². The highest BCUT2D eigenvalue weighted by Crippen LogP contribution is 2.40. The van der Waals surface area contributed by atoms with E-state index in [0.29, 0.717) is 36.7 Å². The minimum Gasteiger partial charge on any atom is -0.454 e. The summed E-state index contributed by atoms with van der Waals surface area (Å²) in [4.78, 5) is 15.1. The molecular weight excluding hydrogens is 489 g/mol. The van der Waals surface area contributed by atoms with Gasteiger partial charge in [0.1, 0.15) is 6.67 Å².